The molecular weight excluding hydrogens is 552 g/mol. The quantitative estimate of drug-likeness (QED) is 0.226. The van der Waals surface area contributed by atoms with Gasteiger partial charge in [-0.25, -0.2) is 9.59 Å². The molecule has 2 aliphatic heterocycles. The number of aromatic nitrogens is 3. The van der Waals surface area contributed by atoms with Crippen molar-refractivity contribution in [1.29, 1.82) is 0 Å². The van der Waals surface area contributed by atoms with Crippen molar-refractivity contribution in [2.24, 2.45) is 0 Å². The summed E-state index contributed by atoms with van der Waals surface area (Å²) < 4.78 is 6.18. The Bertz CT molecular complexity index is 1800. The van der Waals surface area contributed by atoms with Gasteiger partial charge in [-0.15, -0.1) is 0 Å². The lowest BCUT2D eigenvalue weighted by atomic mass is 9.98. The number of rotatable bonds is 6. The molecule has 0 bridgehead atoms. The highest BCUT2D eigenvalue weighted by atomic mass is 16.6. The Morgan fingerprint density at radius 1 is 1.00 bits per heavy atom. The number of anilines is 1. The highest BCUT2D eigenvalue weighted by Gasteiger charge is 2.34. The molecule has 4 heterocycles. The van der Waals surface area contributed by atoms with E-state index in [0.29, 0.717) is 44.6 Å². The number of urea groups is 1. The summed E-state index contributed by atoms with van der Waals surface area (Å²) in [5.41, 5.74) is 7.71. The molecule has 0 spiro atoms. The second-order valence-corrected chi connectivity index (χ2v) is 11.5. The lowest BCUT2D eigenvalue weighted by Gasteiger charge is -2.40. The zero-order valence-corrected chi connectivity index (χ0v) is 24.6. The van der Waals surface area contributed by atoms with E-state index in [9.17, 15) is 9.59 Å². The molecule has 0 radical (unpaired) electrons. The van der Waals surface area contributed by atoms with E-state index >= 15 is 0 Å². The number of aromatic amines is 1. The topological polar surface area (TPSA) is 103 Å². The molecule has 2 aliphatic rings. The third-order valence-electron chi connectivity index (χ3n) is 8.68. The number of hydrogen-bond donors (Lipinski definition) is 2. The van der Waals surface area contributed by atoms with Gasteiger partial charge in [-0.05, 0) is 60.7 Å². The summed E-state index contributed by atoms with van der Waals surface area (Å²) >= 11 is 0. The number of carbonyl (C=O) groups excluding carboxylic acids is 2. The van der Waals surface area contributed by atoms with E-state index in [-0.39, 0.29) is 18.2 Å². The van der Waals surface area contributed by atoms with Crippen LogP contribution in [0.5, 0.6) is 0 Å². The minimum atomic E-state index is -0.560. The van der Waals surface area contributed by atoms with Crippen LogP contribution in [0.1, 0.15) is 41.3 Å². The number of fused-ring (bicyclic) bond motifs is 2. The van der Waals surface area contributed by atoms with Gasteiger partial charge in [-0.2, -0.15) is 5.10 Å². The molecular formula is C35H34N6O3. The molecule has 0 aliphatic carbocycles. The van der Waals surface area contributed by atoms with Crippen molar-refractivity contribution in [2.75, 3.05) is 18.4 Å². The van der Waals surface area contributed by atoms with Crippen LogP contribution in [-0.4, -0.2) is 56.2 Å². The van der Waals surface area contributed by atoms with Gasteiger partial charge in [0.25, 0.3) is 0 Å². The van der Waals surface area contributed by atoms with Crippen molar-refractivity contribution in [3.63, 3.8) is 0 Å². The van der Waals surface area contributed by atoms with Crippen molar-refractivity contribution >= 4 is 28.7 Å². The number of amides is 3. The Hall–Kier alpha value is -5.18. The van der Waals surface area contributed by atoms with Gasteiger partial charge in [-0.3, -0.25) is 10.1 Å². The van der Waals surface area contributed by atoms with Gasteiger partial charge in [0.05, 0.1) is 16.9 Å². The first-order valence-corrected chi connectivity index (χ1v) is 15.1. The van der Waals surface area contributed by atoms with Crippen molar-refractivity contribution in [1.82, 2.24) is 25.0 Å². The molecule has 9 nitrogen and oxygen atoms in total. The number of H-pyrrole nitrogens is 1. The summed E-state index contributed by atoms with van der Waals surface area (Å²) in [6, 6.07) is 27.9. The van der Waals surface area contributed by atoms with Crippen LogP contribution in [0.4, 0.5) is 15.3 Å². The third kappa shape index (κ3) is 5.48. The van der Waals surface area contributed by atoms with Crippen LogP contribution in [0.2, 0.25) is 0 Å². The Balaban J connectivity index is 1.07. The molecule has 44 heavy (non-hydrogen) atoms. The molecule has 9 heteroatoms. The minimum absolute atomic E-state index is 0.0578. The summed E-state index contributed by atoms with van der Waals surface area (Å²) in [6.45, 7) is 3.66. The number of hydrogen-bond acceptors (Lipinski definition) is 5. The first-order chi connectivity index (χ1) is 21.5. The predicted molar refractivity (Wildman–Crippen MR) is 169 cm³/mol. The van der Waals surface area contributed by atoms with E-state index in [1.165, 1.54) is 0 Å². The first kappa shape index (κ1) is 27.6. The molecule has 222 valence electrons. The van der Waals surface area contributed by atoms with E-state index < -0.39 is 6.10 Å². The maximum Gasteiger partial charge on any atom is 0.410 e. The fourth-order valence-electron chi connectivity index (χ4n) is 6.37. The number of piperidine rings is 1. The number of ether oxygens (including phenoxy) is 1. The molecule has 1 saturated heterocycles. The fourth-order valence-corrected chi connectivity index (χ4v) is 6.37. The minimum Gasteiger partial charge on any atom is -0.439 e. The fraction of sp³-hybridized carbons (Fsp3) is 0.257. The van der Waals surface area contributed by atoms with E-state index in [4.69, 9.17) is 4.74 Å². The second-order valence-electron chi connectivity index (χ2n) is 11.5. The number of nitrogens with zero attached hydrogens (tertiary/aromatic N) is 4. The zero-order valence-electron chi connectivity index (χ0n) is 24.6. The molecule has 3 amide bonds. The van der Waals surface area contributed by atoms with E-state index in [1.54, 1.807) is 11.1 Å². The Labute approximate surface area is 255 Å². The number of carbonyl (C=O) groups is 2. The van der Waals surface area contributed by atoms with Crippen LogP contribution >= 0.6 is 0 Å². The van der Waals surface area contributed by atoms with E-state index in [2.05, 4.69) is 51.7 Å². The average molecular weight is 587 g/mol. The zero-order chi connectivity index (χ0) is 30.0. The van der Waals surface area contributed by atoms with Crippen LogP contribution in [0.15, 0.2) is 91.1 Å². The highest BCUT2D eigenvalue weighted by Crippen LogP contribution is 2.32. The van der Waals surface area contributed by atoms with Crippen LogP contribution in [0.3, 0.4) is 0 Å². The molecule has 1 fully saturated rings. The summed E-state index contributed by atoms with van der Waals surface area (Å²) in [6.07, 6.45) is 2.66. The lowest BCUT2D eigenvalue weighted by Crippen LogP contribution is -2.51. The van der Waals surface area contributed by atoms with E-state index in [0.717, 1.165) is 44.5 Å². The van der Waals surface area contributed by atoms with Gasteiger partial charge >= 0.3 is 12.1 Å². The standard InChI is InChI=1S/C35H34N6O3/c1-23-19-24(20-28-32(23)38-39-33(28)25-9-3-2-4-10-25)21-31(30-13-7-8-16-36-30)44-35(43)40-17-14-27(15-18-40)41-22-26-11-5-6-12-29(26)37-34(41)42/h2-13,16,19-20,27,31H,14-15,17-18,21-22H2,1H3,(H,37,42)(H,38,39). The van der Waals surface area contributed by atoms with Crippen LogP contribution in [-0.2, 0) is 17.7 Å². The van der Waals surface area contributed by atoms with Gasteiger partial charge in [0.15, 0.2) is 0 Å². The summed E-state index contributed by atoms with van der Waals surface area (Å²) in [7, 11) is 0. The molecule has 5 aromatic rings. The molecule has 2 N–H and O–H groups in total. The van der Waals surface area contributed by atoms with Gasteiger partial charge in [0, 0.05) is 54.9 Å². The number of nitrogens with one attached hydrogen (secondary N) is 2. The lowest BCUT2D eigenvalue weighted by molar-refractivity contribution is 0.0463. The Morgan fingerprint density at radius 3 is 2.57 bits per heavy atom. The smallest absolute Gasteiger partial charge is 0.410 e. The van der Waals surface area contributed by atoms with Crippen LogP contribution in [0, 0.1) is 6.92 Å². The molecule has 2 aromatic heterocycles. The molecule has 1 unspecified atom stereocenters. The SMILES string of the molecule is Cc1cc(CC(OC(=O)N2CCC(N3Cc4ccccc4NC3=O)CC2)c2ccccn2)cc2c(-c3ccccc3)[nH]nc12. The van der Waals surface area contributed by atoms with Crippen LogP contribution in [0.25, 0.3) is 22.2 Å². The number of benzene rings is 3. The Kier molecular flexibility index (Phi) is 7.43. The molecule has 1 atom stereocenters. The molecule has 3 aromatic carbocycles. The van der Waals surface area contributed by atoms with Gasteiger partial charge in [0.2, 0.25) is 0 Å². The maximum absolute atomic E-state index is 13.5. The Morgan fingerprint density at radius 2 is 1.77 bits per heavy atom. The van der Waals surface area contributed by atoms with Crippen LogP contribution < -0.4 is 5.32 Å². The number of para-hydroxylation sites is 1. The van der Waals surface area contributed by atoms with Crippen molar-refractivity contribution < 1.29 is 14.3 Å². The average Bonchev–Trinajstić information content (AvgIpc) is 3.50. The predicted octanol–water partition coefficient (Wildman–Crippen LogP) is 6.87. The largest absolute Gasteiger partial charge is 0.439 e. The third-order valence-corrected chi connectivity index (χ3v) is 8.68. The number of likely N-dealkylation sites (tertiary alicyclic amines) is 1. The number of aryl methyl sites for hydroxylation is 1. The first-order valence-electron chi connectivity index (χ1n) is 15.1. The van der Waals surface area contributed by atoms with Gasteiger partial charge in [0.1, 0.15) is 6.10 Å². The molecule has 7 rings (SSSR count). The molecule has 0 saturated carbocycles. The monoisotopic (exact) mass is 586 g/mol. The van der Waals surface area contributed by atoms with Gasteiger partial charge < -0.3 is 19.9 Å². The van der Waals surface area contributed by atoms with Crippen molar-refractivity contribution in [3.05, 3.63) is 114 Å². The maximum atomic E-state index is 13.5. The summed E-state index contributed by atoms with van der Waals surface area (Å²) in [4.78, 5) is 34.5. The summed E-state index contributed by atoms with van der Waals surface area (Å²) in [5.74, 6) is 0. The number of pyridine rings is 1. The van der Waals surface area contributed by atoms with Crippen molar-refractivity contribution in [3.8, 4) is 11.3 Å². The van der Waals surface area contributed by atoms with Gasteiger partial charge in [-0.1, -0.05) is 60.7 Å². The second kappa shape index (κ2) is 11.8. The highest BCUT2D eigenvalue weighted by molar-refractivity contribution is 5.95. The van der Waals surface area contributed by atoms with Crippen molar-refractivity contribution in [2.45, 2.75) is 44.9 Å². The normalized spacial score (nSPS) is 16.0. The van der Waals surface area contributed by atoms with E-state index in [1.807, 2.05) is 65.6 Å². The summed E-state index contributed by atoms with van der Waals surface area (Å²) in [5, 5.41) is 11.8.